The van der Waals surface area contributed by atoms with Gasteiger partial charge < -0.3 is 20.6 Å². The van der Waals surface area contributed by atoms with Crippen LogP contribution in [0.5, 0.6) is 0 Å². The molecule has 4 atom stereocenters. The SMILES string of the molecule is C[C@]1(c2ccc(N3CC[C@H]4NCC[C@H]43)nc2)CCC(=O)NC1O. The second kappa shape index (κ2) is 5.46. The van der Waals surface area contributed by atoms with E-state index >= 15 is 0 Å². The first kappa shape index (κ1) is 14.9. The van der Waals surface area contributed by atoms with Gasteiger partial charge in [-0.15, -0.1) is 0 Å². The summed E-state index contributed by atoms with van der Waals surface area (Å²) in [6, 6.07) is 5.27. The van der Waals surface area contributed by atoms with Crippen molar-refractivity contribution in [3.63, 3.8) is 0 Å². The smallest absolute Gasteiger partial charge is 0.222 e. The molecule has 1 aromatic rings. The van der Waals surface area contributed by atoms with Crippen molar-refractivity contribution in [2.45, 2.75) is 56.3 Å². The van der Waals surface area contributed by atoms with E-state index in [9.17, 15) is 9.90 Å². The zero-order valence-electron chi connectivity index (χ0n) is 13.5. The summed E-state index contributed by atoms with van der Waals surface area (Å²) in [6.07, 6.45) is 4.45. The van der Waals surface area contributed by atoms with Gasteiger partial charge in [0.1, 0.15) is 12.0 Å². The van der Waals surface area contributed by atoms with Crippen LogP contribution in [-0.4, -0.2) is 47.4 Å². The first-order chi connectivity index (χ1) is 11.1. The number of fused-ring (bicyclic) bond motifs is 1. The standard InChI is InChI=1S/C17H24N4O2/c1-17(7-4-15(22)20-16(17)23)11-2-3-14(19-10-11)21-9-6-12-13(21)5-8-18-12/h2-3,10,12-13,16,18,23H,4-9H2,1H3,(H,20,22)/t12-,13-,16?,17-/m1/s1. The van der Waals surface area contributed by atoms with E-state index in [-0.39, 0.29) is 5.91 Å². The van der Waals surface area contributed by atoms with Crippen molar-refractivity contribution >= 4 is 11.7 Å². The fraction of sp³-hybridized carbons (Fsp3) is 0.647. The molecule has 0 spiro atoms. The van der Waals surface area contributed by atoms with Crippen molar-refractivity contribution in [3.8, 4) is 0 Å². The molecule has 0 bridgehead atoms. The van der Waals surface area contributed by atoms with Gasteiger partial charge in [-0.05, 0) is 37.4 Å². The Balaban J connectivity index is 1.55. The van der Waals surface area contributed by atoms with Gasteiger partial charge >= 0.3 is 0 Å². The number of hydrogen-bond acceptors (Lipinski definition) is 5. The second-order valence-corrected chi connectivity index (χ2v) is 7.19. The van der Waals surface area contributed by atoms with Crippen LogP contribution in [0.15, 0.2) is 18.3 Å². The van der Waals surface area contributed by atoms with Gasteiger partial charge in [-0.2, -0.15) is 0 Å². The molecule has 3 N–H and O–H groups in total. The van der Waals surface area contributed by atoms with Crippen LogP contribution < -0.4 is 15.5 Å². The molecule has 124 valence electrons. The predicted molar refractivity (Wildman–Crippen MR) is 87.1 cm³/mol. The molecule has 1 unspecified atom stereocenters. The highest BCUT2D eigenvalue weighted by Crippen LogP contribution is 2.35. The summed E-state index contributed by atoms with van der Waals surface area (Å²) >= 11 is 0. The van der Waals surface area contributed by atoms with Crippen LogP contribution in [0.4, 0.5) is 5.82 Å². The Morgan fingerprint density at radius 1 is 1.39 bits per heavy atom. The maximum absolute atomic E-state index is 11.4. The molecule has 4 heterocycles. The van der Waals surface area contributed by atoms with Crippen LogP contribution in [0.2, 0.25) is 0 Å². The highest BCUT2D eigenvalue weighted by atomic mass is 16.3. The monoisotopic (exact) mass is 316 g/mol. The average Bonchev–Trinajstić information content (AvgIpc) is 3.15. The van der Waals surface area contributed by atoms with Crippen LogP contribution in [-0.2, 0) is 10.2 Å². The lowest BCUT2D eigenvalue weighted by Gasteiger charge is -2.38. The number of piperidine rings is 1. The lowest BCUT2D eigenvalue weighted by molar-refractivity contribution is -0.130. The Bertz CT molecular complexity index is 605. The van der Waals surface area contributed by atoms with E-state index in [2.05, 4.69) is 32.7 Å². The van der Waals surface area contributed by atoms with Gasteiger partial charge in [0.25, 0.3) is 0 Å². The van der Waals surface area contributed by atoms with Crippen molar-refractivity contribution < 1.29 is 9.90 Å². The zero-order chi connectivity index (χ0) is 16.0. The van der Waals surface area contributed by atoms with Crippen LogP contribution in [0, 0.1) is 0 Å². The minimum absolute atomic E-state index is 0.0867. The molecular formula is C17H24N4O2. The molecule has 3 fully saturated rings. The number of hydrogen-bond donors (Lipinski definition) is 3. The maximum Gasteiger partial charge on any atom is 0.222 e. The predicted octanol–water partition coefficient (Wildman–Crippen LogP) is 0.508. The van der Waals surface area contributed by atoms with Crippen LogP contribution in [0.3, 0.4) is 0 Å². The number of rotatable bonds is 2. The largest absolute Gasteiger partial charge is 0.373 e. The van der Waals surface area contributed by atoms with Gasteiger partial charge in [-0.3, -0.25) is 4.79 Å². The van der Waals surface area contributed by atoms with Gasteiger partial charge in [0.2, 0.25) is 5.91 Å². The highest BCUT2D eigenvalue weighted by molar-refractivity contribution is 5.77. The summed E-state index contributed by atoms with van der Waals surface area (Å²) in [6.45, 7) is 4.12. The molecule has 1 aromatic heterocycles. The molecule has 6 nitrogen and oxygen atoms in total. The Morgan fingerprint density at radius 3 is 3.00 bits per heavy atom. The second-order valence-electron chi connectivity index (χ2n) is 7.19. The molecule has 3 aliphatic rings. The Kier molecular flexibility index (Phi) is 3.54. The fourth-order valence-electron chi connectivity index (χ4n) is 4.24. The molecule has 0 saturated carbocycles. The third-order valence-electron chi connectivity index (χ3n) is 5.87. The van der Waals surface area contributed by atoms with E-state index in [1.165, 1.54) is 12.8 Å². The van der Waals surface area contributed by atoms with Crippen molar-refractivity contribution in [2.24, 2.45) is 0 Å². The molecule has 1 amide bonds. The van der Waals surface area contributed by atoms with Crippen molar-refractivity contribution in [2.75, 3.05) is 18.0 Å². The zero-order valence-corrected chi connectivity index (χ0v) is 13.5. The van der Waals surface area contributed by atoms with E-state index in [1.807, 2.05) is 13.1 Å². The summed E-state index contributed by atoms with van der Waals surface area (Å²) in [5.41, 5.74) is 0.510. The summed E-state index contributed by atoms with van der Waals surface area (Å²) in [4.78, 5) is 18.5. The number of aliphatic hydroxyl groups excluding tert-OH is 1. The minimum Gasteiger partial charge on any atom is -0.373 e. The Hall–Kier alpha value is -1.66. The van der Waals surface area contributed by atoms with Gasteiger partial charge in [0.15, 0.2) is 0 Å². The molecule has 0 aliphatic carbocycles. The topological polar surface area (TPSA) is 77.5 Å². The number of carbonyl (C=O) groups excluding carboxylic acids is 1. The van der Waals surface area contributed by atoms with Crippen LogP contribution in [0.25, 0.3) is 0 Å². The number of aromatic nitrogens is 1. The van der Waals surface area contributed by atoms with E-state index in [1.54, 1.807) is 0 Å². The number of anilines is 1. The normalized spacial score (nSPS) is 36.9. The van der Waals surface area contributed by atoms with E-state index in [0.29, 0.717) is 24.9 Å². The minimum atomic E-state index is -0.855. The number of nitrogens with one attached hydrogen (secondary N) is 2. The molecule has 4 rings (SSSR count). The number of pyridine rings is 1. The molecule has 0 aromatic carbocycles. The van der Waals surface area contributed by atoms with Gasteiger partial charge in [0, 0.05) is 36.7 Å². The summed E-state index contributed by atoms with van der Waals surface area (Å²) in [5, 5.41) is 16.5. The van der Waals surface area contributed by atoms with E-state index in [4.69, 9.17) is 0 Å². The lowest BCUT2D eigenvalue weighted by atomic mass is 9.75. The first-order valence-electron chi connectivity index (χ1n) is 8.52. The highest BCUT2D eigenvalue weighted by Gasteiger charge is 2.41. The van der Waals surface area contributed by atoms with E-state index < -0.39 is 11.6 Å². The summed E-state index contributed by atoms with van der Waals surface area (Å²) in [5.74, 6) is 0.930. The molecular weight excluding hydrogens is 292 g/mol. The number of aliphatic hydroxyl groups is 1. The van der Waals surface area contributed by atoms with Crippen LogP contribution in [0.1, 0.15) is 38.2 Å². The molecule has 3 saturated heterocycles. The number of nitrogens with zero attached hydrogens (tertiary/aromatic N) is 2. The van der Waals surface area contributed by atoms with Crippen molar-refractivity contribution in [3.05, 3.63) is 23.9 Å². The average molecular weight is 316 g/mol. The van der Waals surface area contributed by atoms with Gasteiger partial charge in [0.05, 0.1) is 0 Å². The van der Waals surface area contributed by atoms with Crippen molar-refractivity contribution in [1.82, 2.24) is 15.6 Å². The fourth-order valence-corrected chi connectivity index (χ4v) is 4.24. The van der Waals surface area contributed by atoms with Crippen molar-refractivity contribution in [1.29, 1.82) is 0 Å². The molecule has 23 heavy (non-hydrogen) atoms. The van der Waals surface area contributed by atoms with Gasteiger partial charge in [-0.25, -0.2) is 4.98 Å². The quantitative estimate of drug-likeness (QED) is 0.741. The van der Waals surface area contributed by atoms with Crippen LogP contribution >= 0.6 is 0 Å². The Labute approximate surface area is 136 Å². The van der Waals surface area contributed by atoms with Gasteiger partial charge in [-0.1, -0.05) is 13.0 Å². The molecule has 3 aliphatic heterocycles. The summed E-state index contributed by atoms with van der Waals surface area (Å²) < 4.78 is 0. The third kappa shape index (κ3) is 2.40. The van der Waals surface area contributed by atoms with E-state index in [0.717, 1.165) is 24.5 Å². The first-order valence-corrected chi connectivity index (χ1v) is 8.52. The molecule has 0 radical (unpaired) electrons. The summed E-state index contributed by atoms with van der Waals surface area (Å²) in [7, 11) is 0. The lowest BCUT2D eigenvalue weighted by Crippen LogP contribution is -2.53. The number of amides is 1. The maximum atomic E-state index is 11.4. The third-order valence-corrected chi connectivity index (χ3v) is 5.87. The molecule has 6 heteroatoms. The Morgan fingerprint density at radius 2 is 2.26 bits per heavy atom. The number of carbonyl (C=O) groups is 1.